The van der Waals surface area contributed by atoms with E-state index in [1.165, 1.54) is 0 Å². The van der Waals surface area contributed by atoms with Crippen LogP contribution in [0.25, 0.3) is 5.65 Å². The predicted octanol–water partition coefficient (Wildman–Crippen LogP) is -0.496. The number of nitrogens with zero attached hydrogens (tertiary/aromatic N) is 6. The average Bonchev–Trinajstić information content (AvgIpc) is 3.26. The van der Waals surface area contributed by atoms with E-state index in [0.717, 1.165) is 56.3 Å². The number of carbonyl (C=O) groups excluding carboxylic acids is 2. The van der Waals surface area contributed by atoms with Crippen LogP contribution < -0.4 is 16.4 Å². The van der Waals surface area contributed by atoms with Crippen molar-refractivity contribution in [2.75, 3.05) is 71.3 Å². The van der Waals surface area contributed by atoms with Gasteiger partial charge in [-0.1, -0.05) is 0 Å². The maximum absolute atomic E-state index is 15.3. The lowest BCUT2D eigenvalue weighted by Crippen LogP contribution is -2.66. The molecule has 2 aromatic heterocycles. The van der Waals surface area contributed by atoms with Crippen LogP contribution in [0.5, 0.6) is 0 Å². The summed E-state index contributed by atoms with van der Waals surface area (Å²) in [5, 5.41) is 9.95. The number of fused-ring (bicyclic) bond motifs is 1. The van der Waals surface area contributed by atoms with Gasteiger partial charge in [-0.05, 0) is 32.9 Å². The van der Waals surface area contributed by atoms with Crippen molar-refractivity contribution in [3.8, 4) is 0 Å². The quantitative estimate of drug-likeness (QED) is 0.442. The molecule has 2 aromatic rings. The summed E-state index contributed by atoms with van der Waals surface area (Å²) in [6.07, 6.45) is 2.18. The summed E-state index contributed by atoms with van der Waals surface area (Å²) in [5.74, 6) is -1.12. The van der Waals surface area contributed by atoms with Crippen LogP contribution in [0, 0.1) is 11.7 Å². The molecule has 6 rings (SSSR count). The molecule has 2 amide bonds. The molecule has 0 aromatic carbocycles. The van der Waals surface area contributed by atoms with Gasteiger partial charge in [0.05, 0.1) is 43.2 Å². The topological polar surface area (TPSA) is 133 Å². The van der Waals surface area contributed by atoms with E-state index < -0.39 is 30.0 Å². The minimum Gasteiger partial charge on any atom is -0.381 e. The molecular weight excluding hydrogens is 524 g/mol. The molecule has 14 heteroatoms. The number of halogens is 2. The van der Waals surface area contributed by atoms with Crippen molar-refractivity contribution in [3.63, 3.8) is 0 Å². The number of nitrogens with one attached hydrogen (secondary N) is 2. The van der Waals surface area contributed by atoms with Crippen LogP contribution in [0.15, 0.2) is 12.4 Å². The Hall–Kier alpha value is -2.94. The van der Waals surface area contributed by atoms with Crippen molar-refractivity contribution in [1.29, 1.82) is 0 Å². The zero-order valence-corrected chi connectivity index (χ0v) is 22.7. The highest BCUT2D eigenvalue weighted by molar-refractivity contribution is 6.04. The second-order valence-corrected chi connectivity index (χ2v) is 11.7. The summed E-state index contributed by atoms with van der Waals surface area (Å²) in [5.41, 5.74) is 6.21. The number of aromatic nitrogens is 3. The number of hydrogen-bond donors (Lipinski definition) is 3. The SMILES string of the molecule is CC1(N2CCN(C(=O)C3CCN(C4C(F)CNCC4NC(=O)c4c(N)nn5cc(F)cnc45)CC3)CC2)COC1. The number of ether oxygens (including phenoxy) is 1. The summed E-state index contributed by atoms with van der Waals surface area (Å²) in [6, 6.07) is -1.09. The third-order valence-electron chi connectivity index (χ3n) is 8.98. The number of amides is 2. The Morgan fingerprint density at radius 2 is 1.88 bits per heavy atom. The molecule has 3 atom stereocenters. The van der Waals surface area contributed by atoms with Crippen molar-refractivity contribution >= 4 is 23.3 Å². The van der Waals surface area contributed by atoms with Gasteiger partial charge in [0.15, 0.2) is 17.3 Å². The lowest BCUT2D eigenvalue weighted by Gasteiger charge is -2.50. The molecule has 4 aliphatic heterocycles. The first-order valence-electron chi connectivity index (χ1n) is 14.0. The van der Waals surface area contributed by atoms with Gasteiger partial charge in [0.25, 0.3) is 5.91 Å². The standard InChI is InChI=1S/C26H37F2N9O3/c1-26(14-40-15-26)36-8-6-35(7-9-36)25(39)16-2-4-34(5-3-16)21-18(28)11-30-12-19(21)32-24(38)20-22(29)33-37-13-17(27)10-31-23(20)37/h10,13,16,18-19,21,30H,2-9,11-12,14-15H2,1H3,(H2,29,33)(H,32,38). The minimum atomic E-state index is -1.20. The van der Waals surface area contributed by atoms with Crippen molar-refractivity contribution < 1.29 is 23.1 Å². The summed E-state index contributed by atoms with van der Waals surface area (Å²) in [4.78, 5) is 37.0. The van der Waals surface area contributed by atoms with E-state index in [0.29, 0.717) is 32.5 Å². The molecule has 4 fully saturated rings. The molecule has 218 valence electrons. The van der Waals surface area contributed by atoms with Gasteiger partial charge in [-0.3, -0.25) is 19.4 Å². The van der Waals surface area contributed by atoms with E-state index in [4.69, 9.17) is 10.5 Å². The van der Waals surface area contributed by atoms with Crippen molar-refractivity contribution in [2.45, 2.75) is 43.6 Å². The third kappa shape index (κ3) is 5.01. The van der Waals surface area contributed by atoms with Crippen molar-refractivity contribution in [1.82, 2.24) is 39.9 Å². The predicted molar refractivity (Wildman–Crippen MR) is 142 cm³/mol. The Kier molecular flexibility index (Phi) is 7.36. The largest absolute Gasteiger partial charge is 0.381 e. The summed E-state index contributed by atoms with van der Waals surface area (Å²) < 4.78 is 35.4. The van der Waals surface area contributed by atoms with Crippen LogP contribution in [-0.4, -0.2) is 130 Å². The second-order valence-electron chi connectivity index (χ2n) is 11.7. The number of hydrogen-bond acceptors (Lipinski definition) is 9. The Labute approximate surface area is 231 Å². The molecule has 40 heavy (non-hydrogen) atoms. The van der Waals surface area contributed by atoms with E-state index in [-0.39, 0.29) is 40.9 Å². The van der Waals surface area contributed by atoms with Crippen LogP contribution in [0.1, 0.15) is 30.1 Å². The molecule has 0 spiro atoms. The monoisotopic (exact) mass is 561 g/mol. The molecule has 3 unspecified atom stereocenters. The second kappa shape index (κ2) is 10.8. The molecule has 0 radical (unpaired) electrons. The van der Waals surface area contributed by atoms with Crippen LogP contribution in [-0.2, 0) is 9.53 Å². The number of piperidine rings is 2. The highest BCUT2D eigenvalue weighted by Crippen LogP contribution is 2.29. The van der Waals surface area contributed by atoms with E-state index in [1.54, 1.807) is 0 Å². The summed E-state index contributed by atoms with van der Waals surface area (Å²) in [6.45, 7) is 8.56. The summed E-state index contributed by atoms with van der Waals surface area (Å²) >= 11 is 0. The number of rotatable bonds is 5. The zero-order valence-electron chi connectivity index (χ0n) is 22.7. The number of nitrogens with two attached hydrogens (primary N) is 1. The smallest absolute Gasteiger partial charge is 0.259 e. The maximum atomic E-state index is 15.3. The number of piperazine rings is 1. The van der Waals surface area contributed by atoms with Gasteiger partial charge in [0.2, 0.25) is 5.91 Å². The Morgan fingerprint density at radius 1 is 1.15 bits per heavy atom. The third-order valence-corrected chi connectivity index (χ3v) is 8.98. The normalized spacial score (nSPS) is 28.4. The molecule has 4 N–H and O–H groups in total. The average molecular weight is 562 g/mol. The van der Waals surface area contributed by atoms with E-state index >= 15 is 4.39 Å². The number of nitrogen functional groups attached to an aromatic ring is 1. The fraction of sp³-hybridized carbons (Fsp3) is 0.692. The van der Waals surface area contributed by atoms with Gasteiger partial charge in [0, 0.05) is 45.2 Å². The highest BCUT2D eigenvalue weighted by atomic mass is 19.1. The van der Waals surface area contributed by atoms with Gasteiger partial charge >= 0.3 is 0 Å². The fourth-order valence-corrected chi connectivity index (χ4v) is 6.63. The van der Waals surface area contributed by atoms with Gasteiger partial charge in [0.1, 0.15) is 11.7 Å². The van der Waals surface area contributed by atoms with Crippen LogP contribution in [0.2, 0.25) is 0 Å². The molecule has 0 aliphatic carbocycles. The Bertz CT molecular complexity index is 1260. The fourth-order valence-electron chi connectivity index (χ4n) is 6.63. The zero-order chi connectivity index (χ0) is 28.0. The first-order chi connectivity index (χ1) is 19.2. The molecule has 12 nitrogen and oxygen atoms in total. The van der Waals surface area contributed by atoms with Crippen molar-refractivity contribution in [3.05, 3.63) is 23.8 Å². The van der Waals surface area contributed by atoms with E-state index in [9.17, 15) is 14.0 Å². The highest BCUT2D eigenvalue weighted by Gasteiger charge is 2.43. The number of anilines is 1. The van der Waals surface area contributed by atoms with Gasteiger partial charge in [-0.2, -0.15) is 0 Å². The van der Waals surface area contributed by atoms with Crippen LogP contribution >= 0.6 is 0 Å². The van der Waals surface area contributed by atoms with E-state index in [1.807, 2.05) is 4.90 Å². The maximum Gasteiger partial charge on any atom is 0.259 e. The molecule has 4 saturated heterocycles. The summed E-state index contributed by atoms with van der Waals surface area (Å²) in [7, 11) is 0. The van der Waals surface area contributed by atoms with Gasteiger partial charge in [-0.15, -0.1) is 5.10 Å². The van der Waals surface area contributed by atoms with E-state index in [2.05, 4.69) is 37.4 Å². The Morgan fingerprint density at radius 3 is 2.55 bits per heavy atom. The number of carbonyl (C=O) groups is 2. The lowest BCUT2D eigenvalue weighted by atomic mass is 9.90. The number of alkyl halides is 1. The Balaban J connectivity index is 1.07. The molecule has 0 saturated carbocycles. The molecule has 0 bridgehead atoms. The first-order valence-corrected chi connectivity index (χ1v) is 14.0. The molecule has 6 heterocycles. The van der Waals surface area contributed by atoms with Gasteiger partial charge < -0.3 is 26.0 Å². The minimum absolute atomic E-state index is 0.0305. The van der Waals surface area contributed by atoms with Gasteiger partial charge in [-0.25, -0.2) is 18.3 Å². The van der Waals surface area contributed by atoms with Crippen LogP contribution in [0.3, 0.4) is 0 Å². The molecule has 4 aliphatic rings. The van der Waals surface area contributed by atoms with Crippen molar-refractivity contribution in [2.24, 2.45) is 5.92 Å². The lowest BCUT2D eigenvalue weighted by molar-refractivity contribution is -0.153. The van der Waals surface area contributed by atoms with Crippen LogP contribution in [0.4, 0.5) is 14.6 Å². The number of likely N-dealkylation sites (tertiary alicyclic amines) is 1. The molecular formula is C26H37F2N9O3. The first kappa shape index (κ1) is 27.2.